The number of unbranched alkanes of at least 4 members (excludes halogenated alkanes) is 16. The molecule has 0 bridgehead atoms. The first-order valence-electron chi connectivity index (χ1n) is 14.4. The van der Waals surface area contributed by atoms with E-state index >= 15 is 0 Å². The number of carbonyl (C=O) groups is 1. The number of aliphatic hydroxyl groups is 1. The maximum Gasteiger partial charge on any atom is 0.305 e. The third kappa shape index (κ3) is 18.9. The number of ether oxygens (including phenoxy) is 1. The SMILES string of the molecule is CCCCCCCCCCCCCCCCCCCC(=O)OCC(CO)(CCC)CCC. The molecule has 0 saturated heterocycles. The van der Waals surface area contributed by atoms with E-state index in [1.165, 1.54) is 96.3 Å². The molecule has 3 heteroatoms. The van der Waals surface area contributed by atoms with Crippen molar-refractivity contribution in [1.29, 1.82) is 0 Å². The first-order chi connectivity index (χ1) is 15.6. The fourth-order valence-corrected chi connectivity index (χ4v) is 4.83. The van der Waals surface area contributed by atoms with Gasteiger partial charge in [-0.3, -0.25) is 4.79 Å². The molecule has 0 heterocycles. The second-order valence-corrected chi connectivity index (χ2v) is 10.2. The average molecular weight is 455 g/mol. The predicted molar refractivity (Wildman–Crippen MR) is 139 cm³/mol. The number of aliphatic hydroxyl groups excluding tert-OH is 1. The van der Waals surface area contributed by atoms with Crippen LogP contribution in [0.25, 0.3) is 0 Å². The van der Waals surface area contributed by atoms with Gasteiger partial charge in [0.05, 0.1) is 13.2 Å². The minimum absolute atomic E-state index is 0.0870. The molecule has 0 unspecified atom stereocenters. The van der Waals surface area contributed by atoms with Gasteiger partial charge in [0.25, 0.3) is 0 Å². The molecule has 0 aliphatic carbocycles. The highest BCUT2D eigenvalue weighted by atomic mass is 16.5. The van der Waals surface area contributed by atoms with Gasteiger partial charge in [-0.05, 0) is 19.3 Å². The van der Waals surface area contributed by atoms with Crippen molar-refractivity contribution in [2.24, 2.45) is 5.41 Å². The molecule has 0 aromatic rings. The Bertz CT molecular complexity index is 388. The van der Waals surface area contributed by atoms with Crippen LogP contribution in [0.3, 0.4) is 0 Å². The Morgan fingerprint density at radius 2 is 0.969 bits per heavy atom. The van der Waals surface area contributed by atoms with Gasteiger partial charge in [0.15, 0.2) is 0 Å². The molecule has 0 spiro atoms. The fraction of sp³-hybridized carbons (Fsp3) is 0.966. The van der Waals surface area contributed by atoms with Gasteiger partial charge >= 0.3 is 5.97 Å². The molecule has 192 valence electrons. The van der Waals surface area contributed by atoms with Crippen molar-refractivity contribution in [2.45, 2.75) is 162 Å². The zero-order valence-electron chi connectivity index (χ0n) is 22.2. The third-order valence-corrected chi connectivity index (χ3v) is 6.92. The summed E-state index contributed by atoms with van der Waals surface area (Å²) in [6.45, 7) is 7.02. The van der Waals surface area contributed by atoms with Crippen LogP contribution in [0.15, 0.2) is 0 Å². The Kier molecular flexibility index (Phi) is 23.2. The largest absolute Gasteiger partial charge is 0.465 e. The van der Waals surface area contributed by atoms with Gasteiger partial charge in [-0.2, -0.15) is 0 Å². The summed E-state index contributed by atoms with van der Waals surface area (Å²) in [5, 5.41) is 9.79. The van der Waals surface area contributed by atoms with Gasteiger partial charge < -0.3 is 9.84 Å². The zero-order valence-corrected chi connectivity index (χ0v) is 22.2. The Morgan fingerprint density at radius 1 is 0.594 bits per heavy atom. The molecule has 0 rings (SSSR count). The second kappa shape index (κ2) is 23.6. The van der Waals surface area contributed by atoms with Gasteiger partial charge in [0, 0.05) is 11.8 Å². The highest BCUT2D eigenvalue weighted by Gasteiger charge is 2.29. The lowest BCUT2D eigenvalue weighted by Crippen LogP contribution is -2.32. The van der Waals surface area contributed by atoms with E-state index in [1.54, 1.807) is 0 Å². The number of esters is 1. The lowest BCUT2D eigenvalue weighted by atomic mass is 9.81. The van der Waals surface area contributed by atoms with Crippen LogP contribution in [0.2, 0.25) is 0 Å². The molecule has 1 N–H and O–H groups in total. The first-order valence-corrected chi connectivity index (χ1v) is 14.4. The predicted octanol–water partition coefficient (Wildman–Crippen LogP) is 9.15. The molecule has 0 radical (unpaired) electrons. The Morgan fingerprint density at radius 3 is 1.31 bits per heavy atom. The van der Waals surface area contributed by atoms with E-state index in [-0.39, 0.29) is 18.0 Å². The quantitative estimate of drug-likeness (QED) is 0.110. The second-order valence-electron chi connectivity index (χ2n) is 10.2. The summed E-state index contributed by atoms with van der Waals surface area (Å²) in [6, 6.07) is 0. The Hall–Kier alpha value is -0.570. The summed E-state index contributed by atoms with van der Waals surface area (Å²) in [4.78, 5) is 12.1. The van der Waals surface area contributed by atoms with E-state index in [0.29, 0.717) is 13.0 Å². The normalized spacial score (nSPS) is 11.8. The molecule has 0 fully saturated rings. The van der Waals surface area contributed by atoms with Crippen LogP contribution in [0.5, 0.6) is 0 Å². The molecular weight excluding hydrogens is 396 g/mol. The molecule has 0 aliphatic heterocycles. The molecule has 0 aliphatic rings. The average Bonchev–Trinajstić information content (AvgIpc) is 2.79. The highest BCUT2D eigenvalue weighted by molar-refractivity contribution is 5.69. The summed E-state index contributed by atoms with van der Waals surface area (Å²) in [7, 11) is 0. The highest BCUT2D eigenvalue weighted by Crippen LogP contribution is 2.30. The smallest absolute Gasteiger partial charge is 0.305 e. The molecule has 0 aromatic carbocycles. The number of hydrogen-bond acceptors (Lipinski definition) is 3. The third-order valence-electron chi connectivity index (χ3n) is 6.92. The van der Waals surface area contributed by atoms with Crippen molar-refractivity contribution in [3.8, 4) is 0 Å². The van der Waals surface area contributed by atoms with E-state index in [9.17, 15) is 9.90 Å². The van der Waals surface area contributed by atoms with Crippen LogP contribution in [0.1, 0.15) is 162 Å². The van der Waals surface area contributed by atoms with E-state index in [2.05, 4.69) is 20.8 Å². The van der Waals surface area contributed by atoms with Crippen molar-refractivity contribution < 1.29 is 14.6 Å². The molecule has 0 saturated carbocycles. The minimum atomic E-state index is -0.229. The summed E-state index contributed by atoms with van der Waals surface area (Å²) in [6.07, 6.45) is 27.3. The van der Waals surface area contributed by atoms with Gasteiger partial charge in [-0.15, -0.1) is 0 Å². The van der Waals surface area contributed by atoms with Crippen molar-refractivity contribution in [3.05, 3.63) is 0 Å². The molecule has 0 aromatic heterocycles. The van der Waals surface area contributed by atoms with Gasteiger partial charge in [-0.1, -0.05) is 136 Å². The Labute approximate surface area is 201 Å². The summed E-state index contributed by atoms with van der Waals surface area (Å²) in [5.74, 6) is -0.0870. The summed E-state index contributed by atoms with van der Waals surface area (Å²) in [5.41, 5.74) is -0.229. The fourth-order valence-electron chi connectivity index (χ4n) is 4.83. The first kappa shape index (κ1) is 31.4. The van der Waals surface area contributed by atoms with Gasteiger partial charge in [0.1, 0.15) is 0 Å². The van der Waals surface area contributed by atoms with E-state index < -0.39 is 0 Å². The van der Waals surface area contributed by atoms with E-state index in [0.717, 1.165) is 38.5 Å². The maximum absolute atomic E-state index is 12.1. The van der Waals surface area contributed by atoms with Gasteiger partial charge in [0.2, 0.25) is 0 Å². The van der Waals surface area contributed by atoms with Gasteiger partial charge in [-0.25, -0.2) is 0 Å². The Balaban J connectivity index is 3.45. The number of hydrogen-bond donors (Lipinski definition) is 1. The standard InChI is InChI=1S/C29H58O3/c1-4-7-8-9-10-11-12-13-14-15-16-17-18-19-20-21-22-23-28(31)32-27-29(26-30,24-5-2)25-6-3/h30H,4-27H2,1-3H3. The van der Waals surface area contributed by atoms with Crippen LogP contribution in [-0.4, -0.2) is 24.3 Å². The maximum atomic E-state index is 12.1. The van der Waals surface area contributed by atoms with Crippen LogP contribution in [0.4, 0.5) is 0 Å². The van der Waals surface area contributed by atoms with Crippen molar-refractivity contribution >= 4 is 5.97 Å². The number of rotatable bonds is 25. The van der Waals surface area contributed by atoms with Crippen LogP contribution in [0, 0.1) is 5.41 Å². The van der Waals surface area contributed by atoms with E-state index in [1.807, 2.05) is 0 Å². The molecule has 0 atom stereocenters. The zero-order chi connectivity index (χ0) is 23.8. The summed E-state index contributed by atoms with van der Waals surface area (Å²) >= 11 is 0. The van der Waals surface area contributed by atoms with Crippen LogP contribution >= 0.6 is 0 Å². The van der Waals surface area contributed by atoms with Crippen molar-refractivity contribution in [1.82, 2.24) is 0 Å². The minimum Gasteiger partial charge on any atom is -0.465 e. The molecular formula is C29H58O3. The van der Waals surface area contributed by atoms with Crippen molar-refractivity contribution in [2.75, 3.05) is 13.2 Å². The lowest BCUT2D eigenvalue weighted by Gasteiger charge is -2.30. The topological polar surface area (TPSA) is 46.5 Å². The summed E-state index contributed by atoms with van der Waals surface area (Å²) < 4.78 is 5.53. The van der Waals surface area contributed by atoms with Crippen LogP contribution in [-0.2, 0) is 9.53 Å². The monoisotopic (exact) mass is 454 g/mol. The van der Waals surface area contributed by atoms with E-state index in [4.69, 9.17) is 4.74 Å². The number of carbonyl (C=O) groups excluding carboxylic acids is 1. The van der Waals surface area contributed by atoms with Crippen LogP contribution < -0.4 is 0 Å². The molecule has 32 heavy (non-hydrogen) atoms. The molecule has 0 amide bonds. The molecule has 3 nitrogen and oxygen atoms in total. The lowest BCUT2D eigenvalue weighted by molar-refractivity contribution is -0.149. The van der Waals surface area contributed by atoms with Crippen molar-refractivity contribution in [3.63, 3.8) is 0 Å².